The van der Waals surface area contributed by atoms with Crippen LogP contribution in [0.5, 0.6) is 0 Å². The van der Waals surface area contributed by atoms with Crippen molar-refractivity contribution in [2.75, 3.05) is 24.3 Å². The van der Waals surface area contributed by atoms with Crippen molar-refractivity contribution in [3.05, 3.63) is 16.1 Å². The molecule has 1 heterocycles. The normalized spacial score (nSPS) is 24.1. The highest BCUT2D eigenvalue weighted by atomic mass is 35.5. The highest BCUT2D eigenvalue weighted by Crippen LogP contribution is 2.45. The number of pyridine rings is 1. The molecule has 2 atom stereocenters. The second-order valence-electron chi connectivity index (χ2n) is 5.60. The standard InChI is InChI=1S/C14H21Cl2N3O/c1-5-20-11-7-10(14(11,2)3)18-13-9(16)6-8(15)12(17-4)19-13/h6,10-11H,5,7H2,1-4H3,(H2,17,18,19). The molecular weight excluding hydrogens is 297 g/mol. The Hall–Kier alpha value is -0.710. The molecule has 112 valence electrons. The van der Waals surface area contributed by atoms with Crippen LogP contribution in [0, 0.1) is 5.41 Å². The molecule has 1 fully saturated rings. The van der Waals surface area contributed by atoms with E-state index in [9.17, 15) is 0 Å². The minimum absolute atomic E-state index is 0.0560. The molecule has 0 saturated heterocycles. The topological polar surface area (TPSA) is 46.2 Å². The van der Waals surface area contributed by atoms with Crippen molar-refractivity contribution in [3.8, 4) is 0 Å². The number of halogens is 2. The van der Waals surface area contributed by atoms with Crippen molar-refractivity contribution in [1.82, 2.24) is 4.98 Å². The molecule has 0 spiro atoms. The molecule has 2 rings (SSSR count). The van der Waals surface area contributed by atoms with E-state index in [0.29, 0.717) is 21.7 Å². The lowest BCUT2D eigenvalue weighted by Crippen LogP contribution is -2.58. The summed E-state index contributed by atoms with van der Waals surface area (Å²) in [6, 6.07) is 1.99. The van der Waals surface area contributed by atoms with Crippen molar-refractivity contribution in [2.24, 2.45) is 5.41 Å². The van der Waals surface area contributed by atoms with Gasteiger partial charge in [0.1, 0.15) is 11.6 Å². The van der Waals surface area contributed by atoms with Gasteiger partial charge < -0.3 is 15.4 Å². The molecule has 2 unspecified atom stereocenters. The Bertz CT molecular complexity index is 494. The van der Waals surface area contributed by atoms with Crippen LogP contribution in [0.1, 0.15) is 27.2 Å². The number of rotatable bonds is 5. The Labute approximate surface area is 130 Å². The van der Waals surface area contributed by atoms with E-state index in [0.717, 1.165) is 13.0 Å². The summed E-state index contributed by atoms with van der Waals surface area (Å²) >= 11 is 12.3. The number of ether oxygens (including phenoxy) is 1. The first-order valence-electron chi connectivity index (χ1n) is 6.82. The Morgan fingerprint density at radius 2 is 2.00 bits per heavy atom. The van der Waals surface area contributed by atoms with E-state index in [1.165, 1.54) is 0 Å². The highest BCUT2D eigenvalue weighted by Gasteiger charge is 2.49. The van der Waals surface area contributed by atoms with Gasteiger partial charge in [-0.1, -0.05) is 37.0 Å². The lowest BCUT2D eigenvalue weighted by molar-refractivity contribution is -0.0976. The molecular formula is C14H21Cl2N3O. The molecule has 1 aliphatic carbocycles. The van der Waals surface area contributed by atoms with E-state index in [-0.39, 0.29) is 17.6 Å². The van der Waals surface area contributed by atoms with Gasteiger partial charge in [0, 0.05) is 25.1 Å². The van der Waals surface area contributed by atoms with Gasteiger partial charge in [-0.25, -0.2) is 4.98 Å². The quantitative estimate of drug-likeness (QED) is 0.860. The van der Waals surface area contributed by atoms with Crippen LogP contribution in [0.25, 0.3) is 0 Å². The summed E-state index contributed by atoms with van der Waals surface area (Å²) in [7, 11) is 1.78. The Kier molecular flexibility index (Phi) is 4.67. The number of hydrogen-bond donors (Lipinski definition) is 2. The van der Waals surface area contributed by atoms with E-state index in [1.807, 2.05) is 6.92 Å². The van der Waals surface area contributed by atoms with E-state index >= 15 is 0 Å². The Morgan fingerprint density at radius 3 is 2.55 bits per heavy atom. The van der Waals surface area contributed by atoms with E-state index in [1.54, 1.807) is 13.1 Å². The third-order valence-corrected chi connectivity index (χ3v) is 4.60. The van der Waals surface area contributed by atoms with Gasteiger partial charge in [0.15, 0.2) is 0 Å². The van der Waals surface area contributed by atoms with Gasteiger partial charge in [-0.05, 0) is 19.4 Å². The van der Waals surface area contributed by atoms with Gasteiger partial charge in [0.05, 0.1) is 16.1 Å². The third-order valence-electron chi connectivity index (χ3n) is 4.02. The van der Waals surface area contributed by atoms with Crippen LogP contribution in [-0.4, -0.2) is 30.8 Å². The van der Waals surface area contributed by atoms with E-state index in [4.69, 9.17) is 27.9 Å². The predicted molar refractivity (Wildman–Crippen MR) is 85.0 cm³/mol. The molecule has 0 radical (unpaired) electrons. The largest absolute Gasteiger partial charge is 0.378 e. The summed E-state index contributed by atoms with van der Waals surface area (Å²) in [4.78, 5) is 4.42. The minimum Gasteiger partial charge on any atom is -0.378 e. The molecule has 20 heavy (non-hydrogen) atoms. The van der Waals surface area contributed by atoms with Crippen LogP contribution >= 0.6 is 23.2 Å². The first-order chi connectivity index (χ1) is 9.40. The highest BCUT2D eigenvalue weighted by molar-refractivity contribution is 6.37. The monoisotopic (exact) mass is 317 g/mol. The smallest absolute Gasteiger partial charge is 0.147 e. The number of anilines is 2. The second kappa shape index (κ2) is 5.96. The van der Waals surface area contributed by atoms with Gasteiger partial charge in [0.25, 0.3) is 0 Å². The first kappa shape index (κ1) is 15.7. The van der Waals surface area contributed by atoms with Crippen molar-refractivity contribution in [3.63, 3.8) is 0 Å². The summed E-state index contributed by atoms with van der Waals surface area (Å²) in [6.45, 7) is 7.15. The minimum atomic E-state index is 0.0560. The van der Waals surface area contributed by atoms with E-state index in [2.05, 4.69) is 29.5 Å². The van der Waals surface area contributed by atoms with Gasteiger partial charge in [-0.3, -0.25) is 0 Å². The summed E-state index contributed by atoms with van der Waals surface area (Å²) < 4.78 is 5.73. The Morgan fingerprint density at radius 1 is 1.35 bits per heavy atom. The second-order valence-corrected chi connectivity index (χ2v) is 6.41. The summed E-state index contributed by atoms with van der Waals surface area (Å²) in [6.07, 6.45) is 1.23. The summed E-state index contributed by atoms with van der Waals surface area (Å²) in [5, 5.41) is 7.41. The maximum absolute atomic E-state index is 6.21. The maximum Gasteiger partial charge on any atom is 0.147 e. The van der Waals surface area contributed by atoms with Crippen LogP contribution in [0.15, 0.2) is 6.07 Å². The van der Waals surface area contributed by atoms with Gasteiger partial charge in [-0.2, -0.15) is 0 Å². The molecule has 1 aromatic heterocycles. The zero-order valence-corrected chi connectivity index (χ0v) is 13.8. The Balaban J connectivity index is 2.12. The third kappa shape index (κ3) is 2.83. The summed E-state index contributed by atoms with van der Waals surface area (Å²) in [5.74, 6) is 1.28. The molecule has 1 saturated carbocycles. The van der Waals surface area contributed by atoms with Crippen LogP contribution in [-0.2, 0) is 4.74 Å². The number of hydrogen-bond acceptors (Lipinski definition) is 4. The fourth-order valence-corrected chi connectivity index (χ4v) is 3.03. The lowest BCUT2D eigenvalue weighted by atomic mass is 9.64. The molecule has 2 N–H and O–H groups in total. The lowest BCUT2D eigenvalue weighted by Gasteiger charge is -2.51. The average Bonchev–Trinajstić information content (AvgIpc) is 2.40. The molecule has 0 bridgehead atoms. The van der Waals surface area contributed by atoms with Crippen LogP contribution in [0.2, 0.25) is 10.0 Å². The first-order valence-corrected chi connectivity index (χ1v) is 7.57. The van der Waals surface area contributed by atoms with Gasteiger partial charge >= 0.3 is 0 Å². The van der Waals surface area contributed by atoms with Crippen molar-refractivity contribution < 1.29 is 4.74 Å². The average molecular weight is 318 g/mol. The fraction of sp³-hybridized carbons (Fsp3) is 0.643. The number of aromatic nitrogens is 1. The molecule has 4 nitrogen and oxygen atoms in total. The number of nitrogens with one attached hydrogen (secondary N) is 2. The van der Waals surface area contributed by atoms with Gasteiger partial charge in [-0.15, -0.1) is 0 Å². The van der Waals surface area contributed by atoms with Crippen LogP contribution < -0.4 is 10.6 Å². The zero-order valence-electron chi connectivity index (χ0n) is 12.3. The van der Waals surface area contributed by atoms with Crippen molar-refractivity contribution in [1.29, 1.82) is 0 Å². The molecule has 6 heteroatoms. The molecule has 1 aromatic rings. The maximum atomic E-state index is 6.21. The van der Waals surface area contributed by atoms with Gasteiger partial charge in [0.2, 0.25) is 0 Å². The summed E-state index contributed by atoms with van der Waals surface area (Å²) in [5.41, 5.74) is 0.0560. The van der Waals surface area contributed by atoms with E-state index < -0.39 is 0 Å². The van der Waals surface area contributed by atoms with Crippen molar-refractivity contribution >= 4 is 34.8 Å². The zero-order chi connectivity index (χ0) is 14.9. The van der Waals surface area contributed by atoms with Crippen LogP contribution in [0.3, 0.4) is 0 Å². The molecule has 0 aromatic carbocycles. The van der Waals surface area contributed by atoms with Crippen molar-refractivity contribution in [2.45, 2.75) is 39.3 Å². The molecule has 0 amide bonds. The molecule has 1 aliphatic rings. The fourth-order valence-electron chi connectivity index (χ4n) is 2.52. The van der Waals surface area contributed by atoms with Crippen LogP contribution in [0.4, 0.5) is 11.6 Å². The molecule has 0 aliphatic heterocycles. The predicted octanol–water partition coefficient (Wildman–Crippen LogP) is 4.05. The SMILES string of the molecule is CCOC1CC(Nc2nc(NC)c(Cl)cc2Cl)C1(C)C. The number of nitrogens with zero attached hydrogens (tertiary/aromatic N) is 1.